The van der Waals surface area contributed by atoms with Crippen LogP contribution in [-0.2, 0) is 14.3 Å². The zero-order chi connectivity index (χ0) is 11.1. The van der Waals surface area contributed by atoms with Gasteiger partial charge in [0.1, 0.15) is 0 Å². The van der Waals surface area contributed by atoms with E-state index in [-0.39, 0.29) is 0 Å². The van der Waals surface area contributed by atoms with Gasteiger partial charge in [-0.3, -0.25) is 4.79 Å². The van der Waals surface area contributed by atoms with Gasteiger partial charge in [0.25, 0.3) is 0 Å². The van der Waals surface area contributed by atoms with Gasteiger partial charge in [-0.2, -0.15) is 0 Å². The highest BCUT2D eigenvalue weighted by molar-refractivity contribution is 6.32. The number of nitrogens with zero attached hydrogens (tertiary/aromatic N) is 1. The number of nitrogens with one attached hydrogen (secondary N) is 1. The second-order valence-electron chi connectivity index (χ2n) is 3.65. The van der Waals surface area contributed by atoms with Gasteiger partial charge in [0.15, 0.2) is 0 Å². The molecule has 86 valence electrons. The highest BCUT2D eigenvalue weighted by Crippen LogP contribution is 2.07. The second-order valence-corrected chi connectivity index (χ2v) is 3.65. The molecule has 1 heterocycles. The van der Waals surface area contributed by atoms with E-state index in [1.165, 1.54) is 26.4 Å². The van der Waals surface area contributed by atoms with E-state index in [9.17, 15) is 9.59 Å². The van der Waals surface area contributed by atoms with E-state index in [0.717, 1.165) is 19.6 Å². The molecule has 1 aliphatic rings. The summed E-state index contributed by atoms with van der Waals surface area (Å²) in [6, 6.07) is 0. The Kier molecular flexibility index (Phi) is 5.10. The summed E-state index contributed by atoms with van der Waals surface area (Å²) in [5, 5.41) is 2.53. The van der Waals surface area contributed by atoms with Crippen LogP contribution in [0, 0.1) is 0 Å². The molecule has 0 aromatic rings. The molecule has 1 fully saturated rings. The first-order valence-electron chi connectivity index (χ1n) is 5.32. The smallest absolute Gasteiger partial charge is 0.396 e. The Morgan fingerprint density at radius 1 is 1.27 bits per heavy atom. The number of ether oxygens (including phenoxy) is 1. The number of hydrogen-bond acceptors (Lipinski definition) is 4. The molecule has 0 aromatic carbocycles. The zero-order valence-corrected chi connectivity index (χ0v) is 9.12. The van der Waals surface area contributed by atoms with Crippen molar-refractivity contribution >= 4 is 11.9 Å². The van der Waals surface area contributed by atoms with Gasteiger partial charge < -0.3 is 15.0 Å². The van der Waals surface area contributed by atoms with Crippen LogP contribution in [0.15, 0.2) is 0 Å². The maximum absolute atomic E-state index is 11.0. The summed E-state index contributed by atoms with van der Waals surface area (Å²) < 4.78 is 4.29. The molecule has 0 saturated carbocycles. The maximum Gasteiger partial charge on any atom is 0.396 e. The first-order chi connectivity index (χ1) is 7.24. The Balaban J connectivity index is 2.09. The van der Waals surface area contributed by atoms with Gasteiger partial charge in [0.05, 0.1) is 7.11 Å². The SMILES string of the molecule is COC(=O)C(=O)NCCN1CCCCC1. The molecule has 0 bridgehead atoms. The van der Waals surface area contributed by atoms with Crippen molar-refractivity contribution in [2.45, 2.75) is 19.3 Å². The number of amides is 1. The van der Waals surface area contributed by atoms with Crippen LogP contribution in [0.2, 0.25) is 0 Å². The van der Waals surface area contributed by atoms with Crippen LogP contribution >= 0.6 is 0 Å². The van der Waals surface area contributed by atoms with Crippen molar-refractivity contribution in [3.8, 4) is 0 Å². The minimum absolute atomic E-state index is 0.508. The number of esters is 1. The summed E-state index contributed by atoms with van der Waals surface area (Å²) in [5.74, 6) is -1.48. The maximum atomic E-state index is 11.0. The van der Waals surface area contributed by atoms with Crippen LogP contribution in [0.4, 0.5) is 0 Å². The third kappa shape index (κ3) is 4.29. The number of piperidine rings is 1. The van der Waals surface area contributed by atoms with E-state index >= 15 is 0 Å². The van der Waals surface area contributed by atoms with Crippen LogP contribution in [0.3, 0.4) is 0 Å². The van der Waals surface area contributed by atoms with E-state index < -0.39 is 11.9 Å². The van der Waals surface area contributed by atoms with E-state index in [2.05, 4.69) is 15.0 Å². The fourth-order valence-corrected chi connectivity index (χ4v) is 1.68. The third-order valence-corrected chi connectivity index (χ3v) is 2.53. The molecule has 0 spiro atoms. The Hall–Kier alpha value is -1.10. The Labute approximate surface area is 89.8 Å². The molecule has 0 atom stereocenters. The van der Waals surface area contributed by atoms with Crippen molar-refractivity contribution in [2.24, 2.45) is 0 Å². The summed E-state index contributed by atoms with van der Waals surface area (Å²) in [4.78, 5) is 24.1. The predicted molar refractivity (Wildman–Crippen MR) is 55.3 cm³/mol. The molecule has 0 radical (unpaired) electrons. The van der Waals surface area contributed by atoms with Gasteiger partial charge in [0, 0.05) is 13.1 Å². The molecule has 5 nitrogen and oxygen atoms in total. The van der Waals surface area contributed by atoms with Crippen molar-refractivity contribution in [1.82, 2.24) is 10.2 Å². The lowest BCUT2D eigenvalue weighted by Gasteiger charge is -2.26. The molecule has 1 saturated heterocycles. The monoisotopic (exact) mass is 214 g/mol. The first kappa shape index (κ1) is 12.0. The second kappa shape index (κ2) is 6.40. The molecule has 0 aromatic heterocycles. The Morgan fingerprint density at radius 2 is 1.93 bits per heavy atom. The number of likely N-dealkylation sites (tertiary alicyclic amines) is 1. The first-order valence-corrected chi connectivity index (χ1v) is 5.32. The predicted octanol–water partition coefficient (Wildman–Crippen LogP) is -0.238. The summed E-state index contributed by atoms with van der Waals surface area (Å²) in [7, 11) is 1.20. The largest absolute Gasteiger partial charge is 0.462 e. The molecule has 1 aliphatic heterocycles. The Morgan fingerprint density at radius 3 is 2.53 bits per heavy atom. The van der Waals surface area contributed by atoms with Crippen LogP contribution in [0.5, 0.6) is 0 Å². The molecule has 1 amide bonds. The zero-order valence-electron chi connectivity index (χ0n) is 9.12. The van der Waals surface area contributed by atoms with Gasteiger partial charge in [-0.15, -0.1) is 0 Å². The topological polar surface area (TPSA) is 58.6 Å². The lowest BCUT2D eigenvalue weighted by atomic mass is 10.1. The minimum atomic E-state index is -0.825. The van der Waals surface area contributed by atoms with Crippen LogP contribution in [0.1, 0.15) is 19.3 Å². The van der Waals surface area contributed by atoms with Gasteiger partial charge >= 0.3 is 11.9 Å². The number of hydrogen-bond donors (Lipinski definition) is 1. The lowest BCUT2D eigenvalue weighted by Crippen LogP contribution is -2.40. The fraction of sp³-hybridized carbons (Fsp3) is 0.800. The fourth-order valence-electron chi connectivity index (χ4n) is 1.68. The summed E-state index contributed by atoms with van der Waals surface area (Å²) >= 11 is 0. The minimum Gasteiger partial charge on any atom is -0.462 e. The molecule has 5 heteroatoms. The van der Waals surface area contributed by atoms with Crippen molar-refractivity contribution in [3.05, 3.63) is 0 Å². The number of methoxy groups -OCH3 is 1. The molecule has 15 heavy (non-hydrogen) atoms. The normalized spacial score (nSPS) is 17.1. The molecule has 0 unspecified atom stereocenters. The van der Waals surface area contributed by atoms with Crippen LogP contribution in [0.25, 0.3) is 0 Å². The quantitative estimate of drug-likeness (QED) is 0.520. The number of carbonyl (C=O) groups is 2. The highest BCUT2D eigenvalue weighted by atomic mass is 16.5. The van der Waals surface area contributed by atoms with Crippen molar-refractivity contribution in [3.63, 3.8) is 0 Å². The van der Waals surface area contributed by atoms with Gasteiger partial charge in [-0.25, -0.2) is 4.79 Å². The Bertz CT molecular complexity index is 225. The van der Waals surface area contributed by atoms with Crippen LogP contribution < -0.4 is 5.32 Å². The average molecular weight is 214 g/mol. The van der Waals surface area contributed by atoms with Crippen molar-refractivity contribution in [2.75, 3.05) is 33.3 Å². The molecule has 1 rings (SSSR count). The van der Waals surface area contributed by atoms with E-state index in [4.69, 9.17) is 0 Å². The summed E-state index contributed by atoms with van der Waals surface area (Å²) in [6.45, 7) is 3.50. The summed E-state index contributed by atoms with van der Waals surface area (Å²) in [5.41, 5.74) is 0. The number of carbonyl (C=O) groups excluding carboxylic acids is 2. The average Bonchev–Trinajstić information content (AvgIpc) is 2.29. The lowest BCUT2D eigenvalue weighted by molar-refractivity contribution is -0.152. The standard InChI is InChI=1S/C10H18N2O3/c1-15-10(14)9(13)11-5-8-12-6-3-2-4-7-12/h2-8H2,1H3,(H,11,13). The van der Waals surface area contributed by atoms with Crippen LogP contribution in [-0.4, -0.2) is 50.1 Å². The molecule has 1 N–H and O–H groups in total. The van der Waals surface area contributed by atoms with Gasteiger partial charge in [0.2, 0.25) is 0 Å². The molecular formula is C10H18N2O3. The number of rotatable bonds is 3. The van der Waals surface area contributed by atoms with Crippen molar-refractivity contribution in [1.29, 1.82) is 0 Å². The third-order valence-electron chi connectivity index (χ3n) is 2.53. The highest BCUT2D eigenvalue weighted by Gasteiger charge is 2.14. The van der Waals surface area contributed by atoms with E-state index in [1.807, 2.05) is 0 Å². The van der Waals surface area contributed by atoms with E-state index in [1.54, 1.807) is 0 Å². The van der Waals surface area contributed by atoms with Crippen molar-refractivity contribution < 1.29 is 14.3 Å². The van der Waals surface area contributed by atoms with E-state index in [0.29, 0.717) is 6.54 Å². The molecule has 0 aliphatic carbocycles. The molecular weight excluding hydrogens is 196 g/mol. The van der Waals surface area contributed by atoms with Gasteiger partial charge in [-0.05, 0) is 25.9 Å². The summed E-state index contributed by atoms with van der Waals surface area (Å²) in [6.07, 6.45) is 3.75. The van der Waals surface area contributed by atoms with Gasteiger partial charge in [-0.1, -0.05) is 6.42 Å².